The van der Waals surface area contributed by atoms with E-state index in [1.165, 1.54) is 11.1 Å². The van der Waals surface area contributed by atoms with Crippen molar-refractivity contribution in [3.8, 4) is 0 Å². The third-order valence-electron chi connectivity index (χ3n) is 1.43. The van der Waals surface area contributed by atoms with Crippen LogP contribution in [0.5, 0.6) is 0 Å². The smallest absolute Gasteiger partial charge is 0.0313 e. The fourth-order valence-corrected chi connectivity index (χ4v) is 1.07. The minimum atomic E-state index is 0.967. The number of hydrogen-bond donors (Lipinski definition) is 0. The standard InChI is InChI=1S/C9H14N2.C2H6/c1-8-4-9(6-10-5-8)7-11(2)3;1-2/h4-6H,7H2,1-3H3;1-2H3. The Morgan fingerprint density at radius 1 is 1.23 bits per heavy atom. The van der Waals surface area contributed by atoms with Gasteiger partial charge in [0.05, 0.1) is 0 Å². The first-order valence-electron chi connectivity index (χ1n) is 4.74. The SMILES string of the molecule is CC.Cc1cncc(CN(C)C)c1. The summed E-state index contributed by atoms with van der Waals surface area (Å²) in [5.74, 6) is 0. The maximum absolute atomic E-state index is 4.11. The molecule has 74 valence electrons. The Labute approximate surface area is 81.6 Å². The van der Waals surface area contributed by atoms with Crippen LogP contribution in [0.1, 0.15) is 25.0 Å². The van der Waals surface area contributed by atoms with Crippen molar-refractivity contribution < 1.29 is 0 Å². The lowest BCUT2D eigenvalue weighted by Gasteiger charge is -2.08. The van der Waals surface area contributed by atoms with E-state index >= 15 is 0 Å². The van der Waals surface area contributed by atoms with Crippen LogP contribution >= 0.6 is 0 Å². The van der Waals surface area contributed by atoms with Crippen LogP contribution in [0.25, 0.3) is 0 Å². The summed E-state index contributed by atoms with van der Waals surface area (Å²) in [6, 6.07) is 2.16. The minimum Gasteiger partial charge on any atom is -0.305 e. The van der Waals surface area contributed by atoms with Gasteiger partial charge in [-0.15, -0.1) is 0 Å². The van der Waals surface area contributed by atoms with Crippen LogP contribution in [0, 0.1) is 6.92 Å². The molecule has 1 aromatic heterocycles. The van der Waals surface area contributed by atoms with Gasteiger partial charge in [-0.3, -0.25) is 4.98 Å². The highest BCUT2D eigenvalue weighted by atomic mass is 15.0. The molecule has 0 saturated carbocycles. The molecule has 0 N–H and O–H groups in total. The predicted molar refractivity (Wildman–Crippen MR) is 57.7 cm³/mol. The molecule has 0 saturated heterocycles. The first-order valence-corrected chi connectivity index (χ1v) is 4.74. The molecule has 1 heterocycles. The third-order valence-corrected chi connectivity index (χ3v) is 1.43. The minimum absolute atomic E-state index is 0.967. The highest BCUT2D eigenvalue weighted by Gasteiger charge is 1.94. The first-order chi connectivity index (χ1) is 6.18. The van der Waals surface area contributed by atoms with E-state index in [9.17, 15) is 0 Å². The van der Waals surface area contributed by atoms with Crippen LogP contribution in [-0.4, -0.2) is 24.0 Å². The van der Waals surface area contributed by atoms with Crippen LogP contribution in [0.15, 0.2) is 18.5 Å². The molecule has 0 radical (unpaired) electrons. The zero-order chi connectivity index (χ0) is 10.3. The number of rotatable bonds is 2. The monoisotopic (exact) mass is 180 g/mol. The van der Waals surface area contributed by atoms with Gasteiger partial charge in [-0.25, -0.2) is 0 Å². The van der Waals surface area contributed by atoms with E-state index in [4.69, 9.17) is 0 Å². The van der Waals surface area contributed by atoms with Crippen LogP contribution in [0.2, 0.25) is 0 Å². The molecule has 0 aliphatic heterocycles. The second-order valence-corrected chi connectivity index (χ2v) is 3.11. The Kier molecular flexibility index (Phi) is 6.15. The van der Waals surface area contributed by atoms with Gasteiger partial charge in [0.25, 0.3) is 0 Å². The summed E-state index contributed by atoms with van der Waals surface area (Å²) in [6.45, 7) is 7.03. The average Bonchev–Trinajstić information content (AvgIpc) is 2.06. The Morgan fingerprint density at radius 2 is 1.85 bits per heavy atom. The number of aromatic nitrogens is 1. The van der Waals surface area contributed by atoms with E-state index in [2.05, 4.69) is 37.0 Å². The molecular formula is C11H20N2. The molecule has 0 bridgehead atoms. The highest BCUT2D eigenvalue weighted by molar-refractivity contribution is 5.16. The van der Waals surface area contributed by atoms with E-state index in [0.717, 1.165) is 6.54 Å². The van der Waals surface area contributed by atoms with Crippen molar-refractivity contribution in [2.24, 2.45) is 0 Å². The van der Waals surface area contributed by atoms with E-state index in [1.807, 2.05) is 26.2 Å². The van der Waals surface area contributed by atoms with E-state index in [1.54, 1.807) is 0 Å². The second kappa shape index (κ2) is 6.61. The van der Waals surface area contributed by atoms with Gasteiger partial charge in [-0.1, -0.05) is 19.9 Å². The molecule has 0 spiro atoms. The van der Waals surface area contributed by atoms with Crippen LogP contribution in [0.3, 0.4) is 0 Å². The Bertz CT molecular complexity index is 231. The van der Waals surface area contributed by atoms with Crippen molar-refractivity contribution in [2.75, 3.05) is 14.1 Å². The fraction of sp³-hybridized carbons (Fsp3) is 0.545. The van der Waals surface area contributed by atoms with Gasteiger partial charge < -0.3 is 4.90 Å². The van der Waals surface area contributed by atoms with Gasteiger partial charge >= 0.3 is 0 Å². The summed E-state index contributed by atoms with van der Waals surface area (Å²) in [5.41, 5.74) is 2.50. The summed E-state index contributed by atoms with van der Waals surface area (Å²) in [6.07, 6.45) is 3.78. The van der Waals surface area contributed by atoms with Crippen molar-refractivity contribution >= 4 is 0 Å². The van der Waals surface area contributed by atoms with Gasteiger partial charge in [0.15, 0.2) is 0 Å². The Balaban J connectivity index is 0.000000671. The summed E-state index contributed by atoms with van der Waals surface area (Å²) in [7, 11) is 4.12. The van der Waals surface area contributed by atoms with Crippen molar-refractivity contribution in [1.29, 1.82) is 0 Å². The van der Waals surface area contributed by atoms with Gasteiger partial charge in [-0.05, 0) is 32.1 Å². The topological polar surface area (TPSA) is 16.1 Å². The molecule has 1 rings (SSSR count). The fourth-order valence-electron chi connectivity index (χ4n) is 1.07. The molecule has 13 heavy (non-hydrogen) atoms. The lowest BCUT2D eigenvalue weighted by Crippen LogP contribution is -2.10. The molecule has 0 unspecified atom stereocenters. The van der Waals surface area contributed by atoms with E-state index < -0.39 is 0 Å². The lowest BCUT2D eigenvalue weighted by molar-refractivity contribution is 0.402. The predicted octanol–water partition coefficient (Wildman–Crippen LogP) is 2.48. The molecule has 1 aromatic rings. The number of pyridine rings is 1. The van der Waals surface area contributed by atoms with Gasteiger partial charge in [0.2, 0.25) is 0 Å². The van der Waals surface area contributed by atoms with Crippen LogP contribution < -0.4 is 0 Å². The van der Waals surface area contributed by atoms with E-state index in [-0.39, 0.29) is 0 Å². The molecule has 2 heteroatoms. The molecular weight excluding hydrogens is 160 g/mol. The van der Waals surface area contributed by atoms with Crippen LogP contribution in [0.4, 0.5) is 0 Å². The van der Waals surface area contributed by atoms with Gasteiger partial charge in [0, 0.05) is 18.9 Å². The quantitative estimate of drug-likeness (QED) is 0.695. The van der Waals surface area contributed by atoms with Crippen molar-refractivity contribution in [1.82, 2.24) is 9.88 Å². The van der Waals surface area contributed by atoms with Crippen molar-refractivity contribution in [3.63, 3.8) is 0 Å². The molecule has 0 amide bonds. The zero-order valence-electron chi connectivity index (χ0n) is 9.33. The zero-order valence-corrected chi connectivity index (χ0v) is 9.33. The van der Waals surface area contributed by atoms with Crippen molar-refractivity contribution in [2.45, 2.75) is 27.3 Å². The summed E-state index contributed by atoms with van der Waals surface area (Å²) in [5, 5.41) is 0. The van der Waals surface area contributed by atoms with E-state index in [0.29, 0.717) is 0 Å². The normalized spacial score (nSPS) is 9.38. The molecule has 0 aliphatic rings. The van der Waals surface area contributed by atoms with Crippen molar-refractivity contribution in [3.05, 3.63) is 29.6 Å². The lowest BCUT2D eigenvalue weighted by atomic mass is 10.2. The first kappa shape index (κ1) is 12.1. The highest BCUT2D eigenvalue weighted by Crippen LogP contribution is 2.02. The second-order valence-electron chi connectivity index (χ2n) is 3.11. The Morgan fingerprint density at radius 3 is 2.31 bits per heavy atom. The molecule has 0 atom stereocenters. The average molecular weight is 180 g/mol. The Hall–Kier alpha value is -0.890. The van der Waals surface area contributed by atoms with Gasteiger partial charge in [0.1, 0.15) is 0 Å². The van der Waals surface area contributed by atoms with Crippen LogP contribution in [-0.2, 0) is 6.54 Å². The number of aryl methyl sites for hydroxylation is 1. The molecule has 0 aromatic carbocycles. The third kappa shape index (κ3) is 5.36. The maximum atomic E-state index is 4.11. The number of nitrogens with zero attached hydrogens (tertiary/aromatic N) is 2. The largest absolute Gasteiger partial charge is 0.305 e. The molecule has 0 fully saturated rings. The molecule has 0 aliphatic carbocycles. The summed E-state index contributed by atoms with van der Waals surface area (Å²) in [4.78, 5) is 6.25. The summed E-state index contributed by atoms with van der Waals surface area (Å²) < 4.78 is 0. The molecule has 2 nitrogen and oxygen atoms in total. The maximum Gasteiger partial charge on any atom is 0.0313 e. The van der Waals surface area contributed by atoms with Gasteiger partial charge in [-0.2, -0.15) is 0 Å². The number of hydrogen-bond acceptors (Lipinski definition) is 2. The summed E-state index contributed by atoms with van der Waals surface area (Å²) >= 11 is 0.